The number of esters is 1. The van der Waals surface area contributed by atoms with Crippen molar-refractivity contribution in [1.29, 1.82) is 0 Å². The maximum Gasteiger partial charge on any atom is 0.401 e. The van der Waals surface area contributed by atoms with Crippen LogP contribution in [-0.2, 0) is 23.3 Å². The van der Waals surface area contributed by atoms with Crippen molar-refractivity contribution < 1.29 is 34.7 Å². The number of ether oxygens (including phenoxy) is 1. The second-order valence-electron chi connectivity index (χ2n) is 9.34. The molecule has 3 aromatic carbocycles. The standard InChI is InChI=1S/C29H31F3O5S2/c30-27(21-22-36-28(33)23-13-5-1-6-14-23)29(31,32)39(34,35)37-38(24-15-7-2-8-16-24,25-17-9-3-10-18-25)26-19-11-4-12-20-26/h2-4,7-12,15-20,23,27H,1,5-6,13-14,21-22H2. The largest absolute Gasteiger partial charge is 0.465 e. The Morgan fingerprint density at radius 3 is 1.67 bits per heavy atom. The van der Waals surface area contributed by atoms with E-state index in [1.165, 1.54) is 0 Å². The lowest BCUT2D eigenvalue weighted by molar-refractivity contribution is -0.150. The lowest BCUT2D eigenvalue weighted by atomic mass is 9.89. The molecular weight excluding hydrogens is 549 g/mol. The zero-order valence-electron chi connectivity index (χ0n) is 21.3. The van der Waals surface area contributed by atoms with Gasteiger partial charge in [-0.25, -0.2) is 8.02 Å². The van der Waals surface area contributed by atoms with E-state index < -0.39 is 50.9 Å². The molecule has 0 bridgehead atoms. The summed E-state index contributed by atoms with van der Waals surface area (Å²) in [5.41, 5.74) is 0. The van der Waals surface area contributed by atoms with E-state index in [0.29, 0.717) is 27.5 Å². The molecule has 0 amide bonds. The summed E-state index contributed by atoms with van der Waals surface area (Å²) in [6, 6.07) is 24.6. The molecule has 210 valence electrons. The van der Waals surface area contributed by atoms with Gasteiger partial charge in [-0.2, -0.15) is 17.2 Å². The highest BCUT2D eigenvalue weighted by atomic mass is 32.3. The molecule has 0 aromatic heterocycles. The minimum Gasteiger partial charge on any atom is -0.465 e. The highest BCUT2D eigenvalue weighted by Gasteiger charge is 2.57. The second-order valence-corrected chi connectivity index (χ2v) is 13.9. The van der Waals surface area contributed by atoms with Crippen LogP contribution < -0.4 is 0 Å². The molecule has 1 aliphatic carbocycles. The van der Waals surface area contributed by atoms with Crippen molar-refractivity contribution >= 4 is 26.4 Å². The third kappa shape index (κ3) is 6.34. The third-order valence-corrected chi connectivity index (χ3v) is 11.9. The Kier molecular flexibility index (Phi) is 9.40. The van der Waals surface area contributed by atoms with Gasteiger partial charge in [0, 0.05) is 21.1 Å². The summed E-state index contributed by atoms with van der Waals surface area (Å²) >= 11 is 0. The first-order valence-corrected chi connectivity index (χ1v) is 15.8. The van der Waals surface area contributed by atoms with E-state index in [0.717, 1.165) is 19.3 Å². The Bertz CT molecular complexity index is 1220. The predicted octanol–water partition coefficient (Wildman–Crippen LogP) is 7.67. The Morgan fingerprint density at radius 2 is 1.23 bits per heavy atom. The Morgan fingerprint density at radius 1 is 0.795 bits per heavy atom. The molecule has 0 heterocycles. The topological polar surface area (TPSA) is 69.7 Å². The van der Waals surface area contributed by atoms with Crippen molar-refractivity contribution in [3.8, 4) is 0 Å². The van der Waals surface area contributed by atoms with Crippen molar-refractivity contribution in [3.63, 3.8) is 0 Å². The van der Waals surface area contributed by atoms with E-state index in [2.05, 4.69) is 0 Å². The SMILES string of the molecule is O=C(OCCC(F)C(F)(F)S(=O)(=O)OS(c1ccccc1)(c1ccccc1)c1ccccc1)C1CCCCC1. The number of hydrogen-bond acceptors (Lipinski definition) is 5. The van der Waals surface area contributed by atoms with E-state index in [1.807, 2.05) is 0 Å². The maximum atomic E-state index is 15.3. The van der Waals surface area contributed by atoms with Crippen molar-refractivity contribution in [2.75, 3.05) is 6.61 Å². The molecule has 4 rings (SSSR count). The van der Waals surface area contributed by atoms with Crippen LogP contribution in [0.5, 0.6) is 0 Å². The molecule has 1 atom stereocenters. The summed E-state index contributed by atoms with van der Waals surface area (Å²) in [6.07, 6.45) is -0.113. The van der Waals surface area contributed by atoms with Crippen LogP contribution in [0.3, 0.4) is 0 Å². The molecular formula is C29H31F3O5S2. The smallest absolute Gasteiger partial charge is 0.401 e. The fourth-order valence-corrected chi connectivity index (χ4v) is 9.84. The maximum absolute atomic E-state index is 15.3. The van der Waals surface area contributed by atoms with Gasteiger partial charge in [0.15, 0.2) is 6.17 Å². The van der Waals surface area contributed by atoms with Gasteiger partial charge < -0.3 is 4.74 Å². The van der Waals surface area contributed by atoms with E-state index in [-0.39, 0.29) is 5.92 Å². The molecule has 0 spiro atoms. The Labute approximate surface area is 229 Å². The highest BCUT2D eigenvalue weighted by molar-refractivity contribution is 8.33. The van der Waals surface area contributed by atoms with Crippen molar-refractivity contribution in [3.05, 3.63) is 91.0 Å². The molecule has 10 heteroatoms. The van der Waals surface area contributed by atoms with Crippen LogP contribution in [0.2, 0.25) is 0 Å². The van der Waals surface area contributed by atoms with E-state index >= 15 is 8.78 Å². The molecule has 1 aliphatic rings. The first-order valence-electron chi connectivity index (χ1n) is 12.8. The first-order chi connectivity index (χ1) is 18.7. The average Bonchev–Trinajstić information content (AvgIpc) is 2.97. The highest BCUT2D eigenvalue weighted by Crippen LogP contribution is 2.70. The summed E-state index contributed by atoms with van der Waals surface area (Å²) in [4.78, 5) is 13.3. The van der Waals surface area contributed by atoms with Gasteiger partial charge >= 0.3 is 21.3 Å². The molecule has 1 unspecified atom stereocenters. The molecule has 1 saturated carbocycles. The van der Waals surface area contributed by atoms with Gasteiger partial charge in [0.05, 0.1) is 12.5 Å². The van der Waals surface area contributed by atoms with Crippen LogP contribution in [0.4, 0.5) is 13.2 Å². The summed E-state index contributed by atoms with van der Waals surface area (Å²) in [5, 5.41) is -4.90. The van der Waals surface area contributed by atoms with Crippen LogP contribution in [0.15, 0.2) is 106 Å². The summed E-state index contributed by atoms with van der Waals surface area (Å²) in [7, 11) is -9.12. The molecule has 0 aliphatic heterocycles. The normalized spacial score (nSPS) is 16.4. The Hall–Kier alpha value is -2.82. The van der Waals surface area contributed by atoms with Gasteiger partial charge in [0.1, 0.15) is 0 Å². The minimum atomic E-state index is -5.84. The Balaban J connectivity index is 1.63. The molecule has 1 fully saturated rings. The van der Waals surface area contributed by atoms with Crippen LogP contribution in [0.25, 0.3) is 0 Å². The van der Waals surface area contributed by atoms with Gasteiger partial charge in [-0.05, 0) is 59.5 Å². The molecule has 5 nitrogen and oxygen atoms in total. The summed E-state index contributed by atoms with van der Waals surface area (Å²) in [5.74, 6) is -0.902. The number of rotatable bonds is 11. The minimum absolute atomic E-state index is 0.337. The second kappa shape index (κ2) is 12.6. The number of halogens is 3. The van der Waals surface area contributed by atoms with Gasteiger partial charge in [0.25, 0.3) is 0 Å². The average molecular weight is 581 g/mol. The van der Waals surface area contributed by atoms with Crippen molar-refractivity contribution in [2.24, 2.45) is 5.92 Å². The quantitative estimate of drug-likeness (QED) is 0.218. The molecule has 3 aromatic rings. The lowest BCUT2D eigenvalue weighted by Gasteiger charge is -2.40. The lowest BCUT2D eigenvalue weighted by Crippen LogP contribution is -2.41. The van der Waals surface area contributed by atoms with Crippen molar-refractivity contribution in [2.45, 2.75) is 64.6 Å². The number of carbonyl (C=O) groups excluding carboxylic acids is 1. The number of benzene rings is 3. The van der Waals surface area contributed by atoms with Gasteiger partial charge in [-0.1, -0.05) is 73.9 Å². The van der Waals surface area contributed by atoms with E-state index in [9.17, 15) is 17.6 Å². The van der Waals surface area contributed by atoms with Gasteiger partial charge in [0.2, 0.25) is 0 Å². The van der Waals surface area contributed by atoms with Gasteiger partial charge in [-0.3, -0.25) is 4.79 Å². The summed E-state index contributed by atoms with van der Waals surface area (Å²) < 4.78 is 82.8. The van der Waals surface area contributed by atoms with E-state index in [4.69, 9.17) is 8.37 Å². The van der Waals surface area contributed by atoms with Crippen molar-refractivity contribution in [1.82, 2.24) is 0 Å². The van der Waals surface area contributed by atoms with Gasteiger partial charge in [-0.15, -0.1) is 0 Å². The number of hydrogen-bond donors (Lipinski definition) is 0. The molecule has 39 heavy (non-hydrogen) atoms. The van der Waals surface area contributed by atoms with Crippen LogP contribution in [0, 0.1) is 5.92 Å². The molecule has 0 N–H and O–H groups in total. The zero-order chi connectivity index (χ0) is 27.9. The monoisotopic (exact) mass is 580 g/mol. The van der Waals surface area contributed by atoms with Crippen LogP contribution in [0.1, 0.15) is 38.5 Å². The first kappa shape index (κ1) is 29.2. The fourth-order valence-electron chi connectivity index (χ4n) is 4.59. The molecule has 0 saturated heterocycles. The summed E-state index contributed by atoms with van der Waals surface area (Å²) in [6.45, 7) is -0.657. The number of carbonyl (C=O) groups is 1. The predicted molar refractivity (Wildman–Crippen MR) is 144 cm³/mol. The molecule has 0 radical (unpaired) electrons. The zero-order valence-corrected chi connectivity index (χ0v) is 22.9. The third-order valence-electron chi connectivity index (χ3n) is 6.67. The number of alkyl halides is 3. The fraction of sp³-hybridized carbons (Fsp3) is 0.345. The van der Waals surface area contributed by atoms with Crippen LogP contribution in [-0.4, -0.2) is 32.4 Å². The van der Waals surface area contributed by atoms with E-state index in [1.54, 1.807) is 91.0 Å². The van der Waals surface area contributed by atoms with Crippen LogP contribution >= 0.6 is 10.3 Å².